The molecule has 0 aromatic carbocycles. The van der Waals surface area contributed by atoms with Crippen molar-refractivity contribution in [2.75, 3.05) is 0 Å². The molecule has 8 heavy (non-hydrogen) atoms. The molecule has 0 amide bonds. The second-order valence-corrected chi connectivity index (χ2v) is 1.45. The van der Waals surface area contributed by atoms with Crippen LogP contribution in [0.1, 0.15) is 0 Å². The molecule has 0 bridgehead atoms. The minimum Gasteiger partial charge on any atom is -0.547 e. The van der Waals surface area contributed by atoms with E-state index in [4.69, 9.17) is 0 Å². The van der Waals surface area contributed by atoms with Gasteiger partial charge in [-0.1, -0.05) is 6.08 Å². The van der Waals surface area contributed by atoms with Gasteiger partial charge in [-0.3, -0.25) is 4.99 Å². The van der Waals surface area contributed by atoms with Crippen LogP contribution in [0.4, 0.5) is 0 Å². The summed E-state index contributed by atoms with van der Waals surface area (Å²) in [5.74, 6) is -1.14. The zero-order valence-corrected chi connectivity index (χ0v) is 4.07. The number of carboxylic acid groups (broad SMARTS) is 1. The third-order valence-corrected chi connectivity index (χ3v) is 0.868. The Bertz CT molecular complexity index is 148. The molecule has 1 rings (SSSR count). The minimum atomic E-state index is -1.14. The van der Waals surface area contributed by atoms with E-state index in [0.29, 0.717) is 0 Å². The quantitative estimate of drug-likeness (QED) is 0.423. The van der Waals surface area contributed by atoms with Gasteiger partial charge in [0, 0.05) is 6.21 Å². The maximum Gasteiger partial charge on any atom is 0.108 e. The van der Waals surface area contributed by atoms with E-state index in [1.165, 1.54) is 12.3 Å². The van der Waals surface area contributed by atoms with Gasteiger partial charge >= 0.3 is 0 Å². The topological polar surface area (TPSA) is 52.5 Å². The molecule has 0 saturated carbocycles. The average Bonchev–Trinajstić information content (AvgIpc) is 2.12. The van der Waals surface area contributed by atoms with Crippen molar-refractivity contribution in [3.8, 4) is 0 Å². The van der Waals surface area contributed by atoms with Gasteiger partial charge in [0.05, 0.1) is 5.97 Å². The fourth-order valence-corrected chi connectivity index (χ4v) is 0.486. The molecule has 0 saturated heterocycles. The first-order valence-electron chi connectivity index (χ1n) is 2.21. The van der Waals surface area contributed by atoms with Crippen LogP contribution in [0.15, 0.2) is 17.1 Å². The van der Waals surface area contributed by atoms with Gasteiger partial charge in [0.2, 0.25) is 0 Å². The number of carboxylic acids is 1. The van der Waals surface area contributed by atoms with Gasteiger partial charge < -0.3 is 9.90 Å². The molecule has 0 fully saturated rings. The second kappa shape index (κ2) is 1.78. The largest absolute Gasteiger partial charge is 0.547 e. The summed E-state index contributed by atoms with van der Waals surface area (Å²) in [6.07, 6.45) is 4.50. The van der Waals surface area contributed by atoms with Gasteiger partial charge in [0.15, 0.2) is 0 Å². The molecule has 1 aliphatic rings. The Kier molecular flexibility index (Phi) is 1.12. The number of rotatable bonds is 1. The zero-order valence-electron chi connectivity index (χ0n) is 4.07. The SMILES string of the molecule is O=C([O-])C1C=CC=N1. The molecule has 1 unspecified atom stereocenters. The predicted octanol–water partition coefficient (Wildman–Crippen LogP) is -1.25. The van der Waals surface area contributed by atoms with Crippen molar-refractivity contribution in [2.45, 2.75) is 6.04 Å². The molecule has 1 heterocycles. The fraction of sp³-hybridized carbons (Fsp3) is 0.200. The molecule has 3 nitrogen and oxygen atoms in total. The van der Waals surface area contributed by atoms with Crippen molar-refractivity contribution >= 4 is 12.2 Å². The predicted molar refractivity (Wildman–Crippen MR) is 26.4 cm³/mol. The fourth-order valence-electron chi connectivity index (χ4n) is 0.486. The molecule has 0 N–H and O–H groups in total. The van der Waals surface area contributed by atoms with Crippen LogP contribution in [0.25, 0.3) is 0 Å². The number of carbonyl (C=O) groups excluding carboxylic acids is 1. The standard InChI is InChI=1S/C5H5NO2/c7-5(8)4-2-1-3-6-4/h1-4H,(H,7,8)/p-1. The van der Waals surface area contributed by atoms with Crippen LogP contribution in [-0.4, -0.2) is 18.2 Å². The highest BCUT2D eigenvalue weighted by Crippen LogP contribution is 1.95. The minimum absolute atomic E-state index is 0.741. The molecule has 3 heteroatoms. The van der Waals surface area contributed by atoms with E-state index >= 15 is 0 Å². The molecule has 0 aliphatic carbocycles. The van der Waals surface area contributed by atoms with E-state index in [1.807, 2.05) is 0 Å². The number of hydrogen-bond acceptors (Lipinski definition) is 3. The summed E-state index contributed by atoms with van der Waals surface area (Å²) < 4.78 is 0. The number of hydrogen-bond donors (Lipinski definition) is 0. The van der Waals surface area contributed by atoms with E-state index in [2.05, 4.69) is 4.99 Å². The molecule has 42 valence electrons. The summed E-state index contributed by atoms with van der Waals surface area (Å²) in [7, 11) is 0. The van der Waals surface area contributed by atoms with Gasteiger partial charge in [-0.2, -0.15) is 0 Å². The number of aliphatic carboxylic acids is 1. The van der Waals surface area contributed by atoms with Gasteiger partial charge in [-0.25, -0.2) is 0 Å². The molecule has 0 aromatic rings. The lowest BCUT2D eigenvalue weighted by Crippen LogP contribution is -2.32. The molecular formula is C5H4NO2-. The Morgan fingerprint density at radius 1 is 1.75 bits per heavy atom. The zero-order chi connectivity index (χ0) is 5.98. The highest BCUT2D eigenvalue weighted by molar-refractivity contribution is 5.84. The molecule has 0 radical (unpaired) electrons. The first-order valence-corrected chi connectivity index (χ1v) is 2.21. The molecule has 0 spiro atoms. The highest BCUT2D eigenvalue weighted by Gasteiger charge is 2.02. The Morgan fingerprint density at radius 3 is 2.75 bits per heavy atom. The van der Waals surface area contributed by atoms with Crippen molar-refractivity contribution in [3.05, 3.63) is 12.2 Å². The van der Waals surface area contributed by atoms with Crippen LogP contribution in [0, 0.1) is 0 Å². The molecule has 1 aliphatic heterocycles. The summed E-state index contributed by atoms with van der Waals surface area (Å²) in [4.78, 5) is 13.5. The Hall–Kier alpha value is -1.12. The first-order chi connectivity index (χ1) is 3.80. The van der Waals surface area contributed by atoms with Crippen LogP contribution in [0.5, 0.6) is 0 Å². The van der Waals surface area contributed by atoms with E-state index in [0.717, 1.165) is 0 Å². The Balaban J connectivity index is 2.62. The van der Waals surface area contributed by atoms with Crippen LogP contribution >= 0.6 is 0 Å². The van der Waals surface area contributed by atoms with Gasteiger partial charge in [-0.05, 0) is 6.08 Å². The maximum absolute atomic E-state index is 9.93. The van der Waals surface area contributed by atoms with Gasteiger partial charge in [0.1, 0.15) is 6.04 Å². The summed E-state index contributed by atoms with van der Waals surface area (Å²) in [5, 5.41) is 9.93. The third kappa shape index (κ3) is 0.753. The third-order valence-electron chi connectivity index (χ3n) is 0.868. The van der Waals surface area contributed by atoms with E-state index < -0.39 is 12.0 Å². The maximum atomic E-state index is 9.93. The Labute approximate surface area is 46.4 Å². The van der Waals surface area contributed by atoms with Crippen molar-refractivity contribution in [2.24, 2.45) is 4.99 Å². The van der Waals surface area contributed by atoms with Crippen molar-refractivity contribution < 1.29 is 9.90 Å². The molecule has 1 atom stereocenters. The molecule has 0 aromatic heterocycles. The number of allylic oxidation sites excluding steroid dienone is 1. The van der Waals surface area contributed by atoms with Gasteiger partial charge in [0.25, 0.3) is 0 Å². The number of aliphatic imine (C=N–C) groups is 1. The van der Waals surface area contributed by atoms with Crippen LogP contribution in [0.2, 0.25) is 0 Å². The van der Waals surface area contributed by atoms with Crippen LogP contribution in [0.3, 0.4) is 0 Å². The smallest absolute Gasteiger partial charge is 0.108 e. The summed E-state index contributed by atoms with van der Waals surface area (Å²) in [6.45, 7) is 0. The van der Waals surface area contributed by atoms with Crippen molar-refractivity contribution in [1.29, 1.82) is 0 Å². The monoisotopic (exact) mass is 110 g/mol. The van der Waals surface area contributed by atoms with Crippen LogP contribution in [-0.2, 0) is 4.79 Å². The Morgan fingerprint density at radius 2 is 2.50 bits per heavy atom. The van der Waals surface area contributed by atoms with Crippen LogP contribution < -0.4 is 5.11 Å². The number of carbonyl (C=O) groups is 1. The molecular weight excluding hydrogens is 106 g/mol. The van der Waals surface area contributed by atoms with Crippen molar-refractivity contribution in [1.82, 2.24) is 0 Å². The first kappa shape index (κ1) is 5.03. The second-order valence-electron chi connectivity index (χ2n) is 1.45. The lowest BCUT2D eigenvalue weighted by Gasteiger charge is -2.02. The van der Waals surface area contributed by atoms with Gasteiger partial charge in [-0.15, -0.1) is 0 Å². The van der Waals surface area contributed by atoms with E-state index in [-0.39, 0.29) is 0 Å². The van der Waals surface area contributed by atoms with E-state index in [1.54, 1.807) is 6.08 Å². The number of nitrogens with zero attached hydrogens (tertiary/aromatic N) is 1. The average molecular weight is 110 g/mol. The summed E-state index contributed by atoms with van der Waals surface area (Å²) >= 11 is 0. The lowest BCUT2D eigenvalue weighted by molar-refractivity contribution is -0.305. The summed E-state index contributed by atoms with van der Waals surface area (Å²) in [6, 6.07) is -0.741. The highest BCUT2D eigenvalue weighted by atomic mass is 16.4. The van der Waals surface area contributed by atoms with Crippen molar-refractivity contribution in [3.63, 3.8) is 0 Å². The lowest BCUT2D eigenvalue weighted by atomic mass is 10.3. The van der Waals surface area contributed by atoms with E-state index in [9.17, 15) is 9.90 Å². The normalized spacial score (nSPS) is 24.2. The summed E-state index contributed by atoms with van der Waals surface area (Å²) in [5.41, 5.74) is 0.